The van der Waals surface area contributed by atoms with E-state index in [0.29, 0.717) is 13.1 Å². The molecule has 0 aromatic heterocycles. The van der Waals surface area contributed by atoms with Gasteiger partial charge in [0.15, 0.2) is 0 Å². The SMILES string of the molecule is CC1(C(=O)N2CCC3(CC2)CC3C(=O)O)CCCc2ccccc21. The van der Waals surface area contributed by atoms with Crippen molar-refractivity contribution in [3.05, 3.63) is 35.4 Å². The Morgan fingerprint density at radius 2 is 1.88 bits per heavy atom. The minimum absolute atomic E-state index is 0.0199. The van der Waals surface area contributed by atoms with Crippen molar-refractivity contribution in [3.63, 3.8) is 0 Å². The maximum atomic E-state index is 13.3. The lowest BCUT2D eigenvalue weighted by atomic mass is 9.70. The normalized spacial score (nSPS) is 30.7. The number of benzene rings is 1. The van der Waals surface area contributed by atoms with Crippen LogP contribution in [0.25, 0.3) is 0 Å². The van der Waals surface area contributed by atoms with E-state index in [9.17, 15) is 14.7 Å². The molecule has 24 heavy (non-hydrogen) atoms. The number of rotatable bonds is 2. The predicted octanol–water partition coefficient (Wildman–Crippen LogP) is 2.99. The number of carboxylic acid groups (broad SMARTS) is 1. The highest BCUT2D eigenvalue weighted by Crippen LogP contribution is 2.59. The Morgan fingerprint density at radius 3 is 2.54 bits per heavy atom. The fourth-order valence-corrected chi connectivity index (χ4v) is 5.02. The second-order valence-electron chi connectivity index (χ2n) is 8.09. The van der Waals surface area contributed by atoms with Gasteiger partial charge in [0.05, 0.1) is 11.3 Å². The topological polar surface area (TPSA) is 57.6 Å². The summed E-state index contributed by atoms with van der Waals surface area (Å²) in [6, 6.07) is 8.34. The highest BCUT2D eigenvalue weighted by molar-refractivity contribution is 5.88. The van der Waals surface area contributed by atoms with Crippen LogP contribution < -0.4 is 0 Å². The number of hydrogen-bond donors (Lipinski definition) is 1. The Kier molecular flexibility index (Phi) is 3.48. The predicted molar refractivity (Wildman–Crippen MR) is 90.7 cm³/mol. The van der Waals surface area contributed by atoms with Gasteiger partial charge < -0.3 is 10.0 Å². The average Bonchev–Trinajstić information content (AvgIpc) is 3.29. The molecule has 2 aliphatic carbocycles. The summed E-state index contributed by atoms with van der Waals surface area (Å²) in [6.45, 7) is 3.51. The van der Waals surface area contributed by atoms with E-state index in [1.807, 2.05) is 11.0 Å². The molecule has 1 N–H and O–H groups in total. The Balaban J connectivity index is 1.51. The second-order valence-corrected chi connectivity index (χ2v) is 8.09. The number of piperidine rings is 1. The van der Waals surface area contributed by atoms with Gasteiger partial charge in [0, 0.05) is 13.1 Å². The van der Waals surface area contributed by atoms with Crippen molar-refractivity contribution in [3.8, 4) is 0 Å². The third-order valence-corrected chi connectivity index (χ3v) is 6.74. The lowest BCUT2D eigenvalue weighted by Gasteiger charge is -2.41. The molecule has 1 spiro atoms. The van der Waals surface area contributed by atoms with E-state index in [0.717, 1.165) is 38.5 Å². The van der Waals surface area contributed by atoms with Gasteiger partial charge in [-0.25, -0.2) is 0 Å². The molecule has 1 saturated carbocycles. The van der Waals surface area contributed by atoms with E-state index in [2.05, 4.69) is 25.1 Å². The Labute approximate surface area is 142 Å². The largest absolute Gasteiger partial charge is 0.481 e. The van der Waals surface area contributed by atoms with Gasteiger partial charge in [-0.15, -0.1) is 0 Å². The summed E-state index contributed by atoms with van der Waals surface area (Å²) >= 11 is 0. The van der Waals surface area contributed by atoms with Crippen LogP contribution in [0, 0.1) is 11.3 Å². The molecule has 4 rings (SSSR count). The smallest absolute Gasteiger partial charge is 0.307 e. The summed E-state index contributed by atoms with van der Waals surface area (Å²) < 4.78 is 0. The van der Waals surface area contributed by atoms with Crippen molar-refractivity contribution < 1.29 is 14.7 Å². The van der Waals surface area contributed by atoms with Gasteiger partial charge in [-0.1, -0.05) is 24.3 Å². The van der Waals surface area contributed by atoms with Crippen LogP contribution in [0.3, 0.4) is 0 Å². The Bertz CT molecular complexity index is 690. The molecule has 128 valence electrons. The highest BCUT2D eigenvalue weighted by Gasteiger charge is 2.59. The van der Waals surface area contributed by atoms with E-state index in [1.165, 1.54) is 11.1 Å². The second kappa shape index (κ2) is 5.33. The molecule has 1 amide bonds. The average molecular weight is 327 g/mol. The van der Waals surface area contributed by atoms with Crippen molar-refractivity contribution in [2.75, 3.05) is 13.1 Å². The van der Waals surface area contributed by atoms with E-state index in [4.69, 9.17) is 0 Å². The zero-order valence-corrected chi connectivity index (χ0v) is 14.3. The Hall–Kier alpha value is -1.84. The molecule has 1 aromatic carbocycles. The summed E-state index contributed by atoms with van der Waals surface area (Å²) in [7, 11) is 0. The van der Waals surface area contributed by atoms with Gasteiger partial charge in [0.25, 0.3) is 0 Å². The lowest BCUT2D eigenvalue weighted by molar-refractivity contribution is -0.140. The Morgan fingerprint density at radius 1 is 1.17 bits per heavy atom. The summed E-state index contributed by atoms with van der Waals surface area (Å²) in [6.07, 6.45) is 5.49. The number of nitrogens with zero attached hydrogens (tertiary/aromatic N) is 1. The van der Waals surface area contributed by atoms with Gasteiger partial charge in [-0.3, -0.25) is 9.59 Å². The quantitative estimate of drug-likeness (QED) is 0.908. The number of carbonyl (C=O) groups is 2. The van der Waals surface area contributed by atoms with Crippen LogP contribution in [0.15, 0.2) is 24.3 Å². The van der Waals surface area contributed by atoms with Crippen molar-refractivity contribution in [1.82, 2.24) is 4.90 Å². The van der Waals surface area contributed by atoms with Crippen LogP contribution in [-0.4, -0.2) is 35.0 Å². The van der Waals surface area contributed by atoms with Gasteiger partial charge >= 0.3 is 5.97 Å². The molecule has 4 heteroatoms. The van der Waals surface area contributed by atoms with E-state index in [-0.39, 0.29) is 17.2 Å². The number of carboxylic acids is 1. The summed E-state index contributed by atoms with van der Waals surface area (Å²) in [5.74, 6) is -0.610. The molecular weight excluding hydrogens is 302 g/mol. The van der Waals surface area contributed by atoms with Crippen molar-refractivity contribution >= 4 is 11.9 Å². The molecule has 1 saturated heterocycles. The van der Waals surface area contributed by atoms with Crippen molar-refractivity contribution in [2.45, 2.75) is 50.9 Å². The number of amides is 1. The fraction of sp³-hybridized carbons (Fsp3) is 0.600. The molecule has 1 aromatic rings. The molecule has 1 aliphatic heterocycles. The number of aliphatic carboxylic acids is 1. The maximum absolute atomic E-state index is 13.3. The number of carbonyl (C=O) groups excluding carboxylic acids is 1. The van der Waals surface area contributed by atoms with Crippen LogP contribution >= 0.6 is 0 Å². The van der Waals surface area contributed by atoms with Crippen LogP contribution in [0.1, 0.15) is 50.2 Å². The monoisotopic (exact) mass is 327 g/mol. The highest BCUT2D eigenvalue weighted by atomic mass is 16.4. The standard InChI is InChI=1S/C20H25NO3/c1-19(8-4-6-14-5-2-3-7-15(14)19)18(24)21-11-9-20(10-12-21)13-16(20)17(22)23/h2-3,5,7,16H,4,6,8-13H2,1H3,(H,22,23). The van der Waals surface area contributed by atoms with E-state index >= 15 is 0 Å². The van der Waals surface area contributed by atoms with Crippen LogP contribution in [0.5, 0.6) is 0 Å². The first-order valence-electron chi connectivity index (χ1n) is 9.07. The van der Waals surface area contributed by atoms with Gasteiger partial charge in [0.2, 0.25) is 5.91 Å². The summed E-state index contributed by atoms with van der Waals surface area (Å²) in [5, 5.41) is 9.22. The fourth-order valence-electron chi connectivity index (χ4n) is 5.02. The van der Waals surface area contributed by atoms with Crippen LogP contribution in [0.4, 0.5) is 0 Å². The minimum Gasteiger partial charge on any atom is -0.481 e. The first-order chi connectivity index (χ1) is 11.5. The summed E-state index contributed by atoms with van der Waals surface area (Å²) in [5.41, 5.74) is 2.06. The third-order valence-electron chi connectivity index (χ3n) is 6.74. The van der Waals surface area contributed by atoms with Gasteiger partial charge in [-0.05, 0) is 62.0 Å². The number of fused-ring (bicyclic) bond motifs is 1. The summed E-state index contributed by atoms with van der Waals surface area (Å²) in [4.78, 5) is 26.5. The van der Waals surface area contributed by atoms with E-state index in [1.54, 1.807) is 0 Å². The van der Waals surface area contributed by atoms with Gasteiger partial charge in [-0.2, -0.15) is 0 Å². The van der Waals surface area contributed by atoms with Crippen molar-refractivity contribution in [1.29, 1.82) is 0 Å². The molecule has 2 unspecified atom stereocenters. The molecule has 0 radical (unpaired) electrons. The van der Waals surface area contributed by atoms with E-state index < -0.39 is 11.4 Å². The zero-order valence-electron chi connectivity index (χ0n) is 14.3. The number of likely N-dealkylation sites (tertiary alicyclic amines) is 1. The molecule has 2 atom stereocenters. The third kappa shape index (κ3) is 2.27. The molecular formula is C20H25NO3. The number of aryl methyl sites for hydroxylation is 1. The minimum atomic E-state index is -0.664. The van der Waals surface area contributed by atoms with Gasteiger partial charge in [0.1, 0.15) is 0 Å². The molecule has 4 nitrogen and oxygen atoms in total. The van der Waals surface area contributed by atoms with Crippen LogP contribution in [-0.2, 0) is 21.4 Å². The number of hydrogen-bond acceptors (Lipinski definition) is 2. The molecule has 2 fully saturated rings. The maximum Gasteiger partial charge on any atom is 0.307 e. The molecule has 3 aliphatic rings. The van der Waals surface area contributed by atoms with Crippen LogP contribution in [0.2, 0.25) is 0 Å². The lowest BCUT2D eigenvalue weighted by Crippen LogP contribution is -2.50. The molecule has 0 bridgehead atoms. The van der Waals surface area contributed by atoms with Crippen molar-refractivity contribution in [2.24, 2.45) is 11.3 Å². The first kappa shape index (κ1) is 15.7. The zero-order chi connectivity index (χ0) is 16.9. The first-order valence-corrected chi connectivity index (χ1v) is 9.07. The molecule has 1 heterocycles.